The number of nitrogens with zero attached hydrogens (tertiary/aromatic N) is 2. The van der Waals surface area contributed by atoms with Crippen molar-refractivity contribution in [2.75, 3.05) is 17.3 Å². The largest absolute Gasteiger partial charge is 0.496 e. The third-order valence-corrected chi connectivity index (χ3v) is 5.09. The molecule has 0 radical (unpaired) electrons. The number of ether oxygens (including phenoxy) is 1. The summed E-state index contributed by atoms with van der Waals surface area (Å²) in [6.07, 6.45) is 0. The van der Waals surface area contributed by atoms with Crippen LogP contribution in [0.15, 0.2) is 60.7 Å². The molecule has 1 N–H and O–H groups in total. The van der Waals surface area contributed by atoms with E-state index in [0.717, 1.165) is 10.5 Å². The highest BCUT2D eigenvalue weighted by atomic mass is 16.6. The highest BCUT2D eigenvalue weighted by Gasteiger charge is 2.37. The number of benzene rings is 3. The summed E-state index contributed by atoms with van der Waals surface area (Å²) in [5, 5.41) is 13.8. The second-order valence-corrected chi connectivity index (χ2v) is 7.14. The second-order valence-electron chi connectivity index (χ2n) is 7.14. The molecule has 0 unspecified atom stereocenters. The molecule has 1 aliphatic heterocycles. The van der Waals surface area contributed by atoms with Gasteiger partial charge in [-0.05, 0) is 49.4 Å². The van der Waals surface area contributed by atoms with Crippen molar-refractivity contribution in [2.24, 2.45) is 0 Å². The molecular weight excluding hydrogens is 414 g/mol. The Kier molecular flexibility index (Phi) is 5.15. The number of carbonyl (C=O) groups is 3. The summed E-state index contributed by atoms with van der Waals surface area (Å²) in [7, 11) is 1.38. The second kappa shape index (κ2) is 7.95. The molecule has 3 aromatic carbocycles. The number of rotatable bonds is 5. The molecule has 0 fully saturated rings. The zero-order chi connectivity index (χ0) is 23.0. The molecule has 3 aromatic rings. The van der Waals surface area contributed by atoms with Gasteiger partial charge in [0.25, 0.3) is 23.4 Å². The van der Waals surface area contributed by atoms with Gasteiger partial charge in [0.05, 0.1) is 34.9 Å². The van der Waals surface area contributed by atoms with Gasteiger partial charge in [-0.1, -0.05) is 17.7 Å². The fourth-order valence-corrected chi connectivity index (χ4v) is 3.40. The summed E-state index contributed by atoms with van der Waals surface area (Å²) in [6, 6.07) is 15.1. The van der Waals surface area contributed by atoms with E-state index < -0.39 is 22.6 Å². The van der Waals surface area contributed by atoms with Crippen LogP contribution in [0.2, 0.25) is 0 Å². The number of aryl methyl sites for hydroxylation is 1. The maximum Gasteiger partial charge on any atom is 0.296 e. The van der Waals surface area contributed by atoms with E-state index in [1.807, 2.05) is 6.92 Å². The number of carbonyl (C=O) groups excluding carboxylic acids is 3. The average Bonchev–Trinajstić information content (AvgIpc) is 3.04. The molecule has 0 bridgehead atoms. The normalized spacial score (nSPS) is 12.5. The van der Waals surface area contributed by atoms with E-state index >= 15 is 0 Å². The molecule has 0 atom stereocenters. The number of fused-ring (bicyclic) bond motifs is 1. The molecule has 4 rings (SSSR count). The Balaban J connectivity index is 1.63. The Labute approximate surface area is 182 Å². The summed E-state index contributed by atoms with van der Waals surface area (Å²) in [4.78, 5) is 50.2. The van der Waals surface area contributed by atoms with Crippen molar-refractivity contribution in [2.45, 2.75) is 6.92 Å². The van der Waals surface area contributed by atoms with Crippen molar-refractivity contribution in [1.82, 2.24) is 0 Å². The summed E-state index contributed by atoms with van der Waals surface area (Å²) in [6.45, 7) is 1.89. The van der Waals surface area contributed by atoms with E-state index in [2.05, 4.69) is 5.32 Å². The zero-order valence-corrected chi connectivity index (χ0v) is 17.1. The number of anilines is 2. The van der Waals surface area contributed by atoms with Crippen LogP contribution < -0.4 is 15.0 Å². The Morgan fingerprint density at radius 3 is 2.31 bits per heavy atom. The van der Waals surface area contributed by atoms with Gasteiger partial charge in [-0.3, -0.25) is 24.5 Å². The minimum Gasteiger partial charge on any atom is -0.496 e. The topological polar surface area (TPSA) is 119 Å². The van der Waals surface area contributed by atoms with Crippen LogP contribution in [-0.4, -0.2) is 29.8 Å². The van der Waals surface area contributed by atoms with Crippen LogP contribution in [0, 0.1) is 17.0 Å². The number of nitro benzene ring substituents is 1. The SMILES string of the molecule is COc1ccc(NC(=O)c2ccc3c(c2)C(=O)N(c2ccc(C)cc2)C3=O)c([N+](=O)[O-])c1. The Morgan fingerprint density at radius 2 is 1.66 bits per heavy atom. The Morgan fingerprint density at radius 1 is 0.969 bits per heavy atom. The van der Waals surface area contributed by atoms with Gasteiger partial charge in [0.2, 0.25) is 0 Å². The van der Waals surface area contributed by atoms with Crippen LogP contribution in [-0.2, 0) is 0 Å². The number of nitrogens with one attached hydrogen (secondary N) is 1. The van der Waals surface area contributed by atoms with Gasteiger partial charge in [0, 0.05) is 5.56 Å². The van der Waals surface area contributed by atoms with Crippen molar-refractivity contribution >= 4 is 34.8 Å². The van der Waals surface area contributed by atoms with E-state index in [1.165, 1.54) is 43.5 Å². The van der Waals surface area contributed by atoms with E-state index in [-0.39, 0.29) is 33.8 Å². The van der Waals surface area contributed by atoms with Crippen LogP contribution in [0.1, 0.15) is 36.6 Å². The summed E-state index contributed by atoms with van der Waals surface area (Å²) in [5.41, 5.74) is 1.41. The third-order valence-electron chi connectivity index (χ3n) is 5.09. The van der Waals surface area contributed by atoms with Gasteiger partial charge in [0.15, 0.2) is 0 Å². The molecule has 9 heteroatoms. The molecule has 1 aliphatic rings. The molecule has 160 valence electrons. The van der Waals surface area contributed by atoms with Crippen molar-refractivity contribution in [3.05, 3.63) is 93.0 Å². The summed E-state index contributed by atoms with van der Waals surface area (Å²) in [5.74, 6) is -1.41. The van der Waals surface area contributed by atoms with E-state index in [0.29, 0.717) is 5.69 Å². The van der Waals surface area contributed by atoms with E-state index in [4.69, 9.17) is 4.74 Å². The first-order chi connectivity index (χ1) is 15.3. The molecular formula is C23H17N3O6. The van der Waals surface area contributed by atoms with Gasteiger partial charge in [-0.2, -0.15) is 0 Å². The number of amides is 3. The standard InChI is InChI=1S/C23H17N3O6/c1-13-3-6-15(7-4-13)25-22(28)17-9-5-14(11-18(17)23(25)29)21(27)24-19-10-8-16(32-2)12-20(19)26(30)31/h3-12H,1-2H3,(H,24,27). The van der Waals surface area contributed by atoms with Gasteiger partial charge in [-0.25, -0.2) is 4.90 Å². The molecule has 0 aromatic heterocycles. The molecule has 0 saturated carbocycles. The summed E-state index contributed by atoms with van der Waals surface area (Å²) < 4.78 is 4.98. The average molecular weight is 431 g/mol. The van der Waals surface area contributed by atoms with Crippen LogP contribution >= 0.6 is 0 Å². The van der Waals surface area contributed by atoms with Crippen molar-refractivity contribution in [1.29, 1.82) is 0 Å². The molecule has 1 heterocycles. The van der Waals surface area contributed by atoms with Crippen LogP contribution in [0.4, 0.5) is 17.1 Å². The minimum absolute atomic E-state index is 0.0232. The molecule has 0 aliphatic carbocycles. The smallest absolute Gasteiger partial charge is 0.296 e. The minimum atomic E-state index is -0.657. The predicted octanol–water partition coefficient (Wildman–Crippen LogP) is 3.96. The molecule has 0 spiro atoms. The van der Waals surface area contributed by atoms with Crippen molar-refractivity contribution < 1.29 is 24.0 Å². The quantitative estimate of drug-likeness (QED) is 0.371. The number of hydrogen-bond acceptors (Lipinski definition) is 6. The highest BCUT2D eigenvalue weighted by molar-refractivity contribution is 6.34. The van der Waals surface area contributed by atoms with Gasteiger partial charge in [-0.15, -0.1) is 0 Å². The Bertz CT molecular complexity index is 1280. The molecule has 3 amide bonds. The lowest BCUT2D eigenvalue weighted by atomic mass is 10.1. The van der Waals surface area contributed by atoms with Gasteiger partial charge >= 0.3 is 0 Å². The van der Waals surface area contributed by atoms with Gasteiger partial charge < -0.3 is 10.1 Å². The van der Waals surface area contributed by atoms with E-state index in [1.54, 1.807) is 24.3 Å². The van der Waals surface area contributed by atoms with Crippen LogP contribution in [0.25, 0.3) is 0 Å². The maximum absolute atomic E-state index is 12.9. The predicted molar refractivity (Wildman–Crippen MR) is 116 cm³/mol. The first kappa shape index (κ1) is 20.7. The lowest BCUT2D eigenvalue weighted by molar-refractivity contribution is -0.384. The van der Waals surface area contributed by atoms with Crippen molar-refractivity contribution in [3.63, 3.8) is 0 Å². The van der Waals surface area contributed by atoms with Gasteiger partial charge in [0.1, 0.15) is 11.4 Å². The van der Waals surface area contributed by atoms with Crippen molar-refractivity contribution in [3.8, 4) is 5.75 Å². The van der Waals surface area contributed by atoms with Crippen LogP contribution in [0.5, 0.6) is 5.75 Å². The lowest BCUT2D eigenvalue weighted by Gasteiger charge is -2.13. The first-order valence-electron chi connectivity index (χ1n) is 9.53. The number of hydrogen-bond donors (Lipinski definition) is 1. The number of imide groups is 1. The number of methoxy groups -OCH3 is 1. The monoisotopic (exact) mass is 431 g/mol. The maximum atomic E-state index is 12.9. The highest BCUT2D eigenvalue weighted by Crippen LogP contribution is 2.31. The molecule has 32 heavy (non-hydrogen) atoms. The number of nitro groups is 1. The first-order valence-corrected chi connectivity index (χ1v) is 9.53. The zero-order valence-electron chi connectivity index (χ0n) is 17.1. The van der Waals surface area contributed by atoms with Crippen LogP contribution in [0.3, 0.4) is 0 Å². The van der Waals surface area contributed by atoms with E-state index in [9.17, 15) is 24.5 Å². The fourth-order valence-electron chi connectivity index (χ4n) is 3.40. The lowest BCUT2D eigenvalue weighted by Crippen LogP contribution is -2.29. The summed E-state index contributed by atoms with van der Waals surface area (Å²) >= 11 is 0. The fraction of sp³-hybridized carbons (Fsp3) is 0.0870. The molecule has 0 saturated heterocycles. The Hall–Kier alpha value is -4.53. The molecule has 9 nitrogen and oxygen atoms in total. The third kappa shape index (κ3) is 3.56.